The van der Waals surface area contributed by atoms with Crippen LogP contribution in [0.2, 0.25) is 0 Å². The maximum absolute atomic E-state index is 2.40. The number of rotatable bonds is 3. The molecular weight excluding hydrogens is 134 g/mol. The van der Waals surface area contributed by atoms with Gasteiger partial charge in [0.2, 0.25) is 0 Å². The molecule has 1 nitrogen and oxygen atoms in total. The third kappa shape index (κ3) is 1.44. The van der Waals surface area contributed by atoms with Gasteiger partial charge in [0.1, 0.15) is 12.6 Å². The van der Waals surface area contributed by atoms with Crippen LogP contribution in [0.4, 0.5) is 0 Å². The Labute approximate surface area is 71.0 Å². The summed E-state index contributed by atoms with van der Waals surface area (Å²) in [6.45, 7) is 10.8. The highest BCUT2D eigenvalue weighted by Crippen LogP contribution is 2.35. The molecule has 0 aromatic heterocycles. The van der Waals surface area contributed by atoms with Gasteiger partial charge in [-0.05, 0) is 20.3 Å². The zero-order valence-electron chi connectivity index (χ0n) is 8.59. The van der Waals surface area contributed by atoms with Crippen molar-refractivity contribution in [3.63, 3.8) is 0 Å². The summed E-state index contributed by atoms with van der Waals surface area (Å²) < 4.78 is 1.31. The maximum atomic E-state index is 2.40. The van der Waals surface area contributed by atoms with Crippen LogP contribution in [0.1, 0.15) is 34.1 Å². The molecule has 0 bridgehead atoms. The smallest absolute Gasteiger partial charge is 0.136 e. The van der Waals surface area contributed by atoms with E-state index in [0.29, 0.717) is 0 Å². The van der Waals surface area contributed by atoms with Gasteiger partial charge in [-0.3, -0.25) is 0 Å². The summed E-state index contributed by atoms with van der Waals surface area (Å²) in [6.07, 6.45) is 1.32. The van der Waals surface area contributed by atoms with Crippen LogP contribution >= 0.6 is 0 Å². The summed E-state index contributed by atoms with van der Waals surface area (Å²) in [5.41, 5.74) is 0. The Hall–Kier alpha value is -0.0400. The minimum Gasteiger partial charge on any atom is -0.312 e. The number of quaternary nitrogens is 1. The van der Waals surface area contributed by atoms with Crippen LogP contribution in [0.15, 0.2) is 0 Å². The van der Waals surface area contributed by atoms with Crippen LogP contribution in [-0.2, 0) is 0 Å². The molecule has 1 aliphatic rings. The van der Waals surface area contributed by atoms with Gasteiger partial charge in [-0.1, -0.05) is 13.8 Å². The Balaban J connectivity index is 2.48. The zero-order chi connectivity index (χ0) is 8.65. The van der Waals surface area contributed by atoms with Gasteiger partial charge in [-0.2, -0.15) is 0 Å². The number of hydrogen-bond donors (Lipinski definition) is 0. The van der Waals surface area contributed by atoms with Gasteiger partial charge in [0, 0.05) is 5.92 Å². The summed E-state index contributed by atoms with van der Waals surface area (Å²) in [5, 5.41) is 0. The summed E-state index contributed by atoms with van der Waals surface area (Å²) >= 11 is 0. The van der Waals surface area contributed by atoms with Crippen molar-refractivity contribution < 1.29 is 4.48 Å². The molecule has 0 aromatic carbocycles. The van der Waals surface area contributed by atoms with E-state index in [0.717, 1.165) is 18.0 Å². The van der Waals surface area contributed by atoms with Gasteiger partial charge >= 0.3 is 0 Å². The first-order valence-electron chi connectivity index (χ1n) is 4.87. The predicted molar refractivity (Wildman–Crippen MR) is 49.4 cm³/mol. The lowest BCUT2D eigenvalue weighted by atomic mass is 10.00. The van der Waals surface area contributed by atoms with Crippen LogP contribution in [0, 0.1) is 5.92 Å². The van der Waals surface area contributed by atoms with E-state index in [1.807, 2.05) is 0 Å². The lowest BCUT2D eigenvalue weighted by Crippen LogP contribution is -2.38. The predicted octanol–water partition coefficient (Wildman–Crippen LogP) is 2.27. The minimum absolute atomic E-state index is 0.856. The molecule has 1 fully saturated rings. The third-order valence-corrected chi connectivity index (χ3v) is 3.93. The summed E-state index contributed by atoms with van der Waals surface area (Å²) in [6, 6.07) is 1.77. The first kappa shape index (κ1) is 9.05. The minimum atomic E-state index is 0.856. The van der Waals surface area contributed by atoms with Crippen LogP contribution in [0.5, 0.6) is 0 Å². The molecule has 0 saturated carbocycles. The fourth-order valence-electron chi connectivity index (χ4n) is 2.01. The van der Waals surface area contributed by atoms with E-state index in [4.69, 9.17) is 0 Å². The van der Waals surface area contributed by atoms with Gasteiger partial charge in [0.25, 0.3) is 0 Å². The van der Waals surface area contributed by atoms with Gasteiger partial charge in [-0.15, -0.1) is 0 Å². The molecule has 0 aromatic rings. The Morgan fingerprint density at radius 2 is 1.91 bits per heavy atom. The molecule has 1 heterocycles. The van der Waals surface area contributed by atoms with E-state index < -0.39 is 0 Å². The average Bonchev–Trinajstić information content (AvgIpc) is 2.58. The number of hydrogen-bond acceptors (Lipinski definition) is 0. The van der Waals surface area contributed by atoms with Gasteiger partial charge < -0.3 is 4.48 Å². The molecule has 0 spiro atoms. The average molecular weight is 156 g/mol. The van der Waals surface area contributed by atoms with E-state index in [1.54, 1.807) is 0 Å². The van der Waals surface area contributed by atoms with E-state index >= 15 is 0 Å². The SMILES string of the molecule is CCC(C)C(C)[N+]1(C)CC1C. The fraction of sp³-hybridized carbons (Fsp3) is 1.00. The molecule has 1 saturated heterocycles. The van der Waals surface area contributed by atoms with Crippen LogP contribution in [0.3, 0.4) is 0 Å². The van der Waals surface area contributed by atoms with E-state index in [-0.39, 0.29) is 0 Å². The zero-order valence-corrected chi connectivity index (χ0v) is 8.59. The number of nitrogens with zero attached hydrogens (tertiary/aromatic N) is 1. The molecule has 4 unspecified atom stereocenters. The van der Waals surface area contributed by atoms with Crippen molar-refractivity contribution in [2.24, 2.45) is 5.92 Å². The topological polar surface area (TPSA) is 0 Å². The third-order valence-electron chi connectivity index (χ3n) is 3.93. The quantitative estimate of drug-likeness (QED) is 0.434. The Kier molecular flexibility index (Phi) is 2.29. The molecule has 0 amide bonds. The lowest BCUT2D eigenvalue weighted by Gasteiger charge is -2.27. The molecule has 1 heteroatoms. The second kappa shape index (κ2) is 2.78. The fourth-order valence-corrected chi connectivity index (χ4v) is 2.01. The van der Waals surface area contributed by atoms with Crippen molar-refractivity contribution in [2.75, 3.05) is 13.6 Å². The van der Waals surface area contributed by atoms with Crippen molar-refractivity contribution in [1.82, 2.24) is 0 Å². The second-order valence-corrected chi connectivity index (χ2v) is 4.50. The first-order valence-corrected chi connectivity index (χ1v) is 4.87. The highest BCUT2D eigenvalue weighted by molar-refractivity contribution is 4.74. The molecule has 66 valence electrons. The highest BCUT2D eigenvalue weighted by atomic mass is 15.5. The van der Waals surface area contributed by atoms with Crippen LogP contribution in [0.25, 0.3) is 0 Å². The monoisotopic (exact) mass is 156 g/mol. The molecule has 0 N–H and O–H groups in total. The standard InChI is InChI=1S/C10H22N/c1-6-8(2)10(4)11(5)7-9(11)3/h8-10H,6-7H2,1-5H3/q+1. The van der Waals surface area contributed by atoms with Crippen molar-refractivity contribution in [3.8, 4) is 0 Å². The van der Waals surface area contributed by atoms with E-state index in [9.17, 15) is 0 Å². The van der Waals surface area contributed by atoms with Gasteiger partial charge in [0.05, 0.1) is 13.1 Å². The normalized spacial score (nSPS) is 41.7. The van der Waals surface area contributed by atoms with Crippen molar-refractivity contribution in [2.45, 2.75) is 46.2 Å². The molecule has 1 aliphatic heterocycles. The van der Waals surface area contributed by atoms with Crippen LogP contribution < -0.4 is 0 Å². The van der Waals surface area contributed by atoms with Gasteiger partial charge in [-0.25, -0.2) is 0 Å². The lowest BCUT2D eigenvalue weighted by molar-refractivity contribution is -0.821. The van der Waals surface area contributed by atoms with Gasteiger partial charge in [0.15, 0.2) is 0 Å². The molecule has 11 heavy (non-hydrogen) atoms. The highest BCUT2D eigenvalue weighted by Gasteiger charge is 2.52. The van der Waals surface area contributed by atoms with Crippen LogP contribution in [-0.4, -0.2) is 30.2 Å². The first-order chi connectivity index (χ1) is 5.02. The van der Waals surface area contributed by atoms with E-state index in [2.05, 4.69) is 34.7 Å². The summed E-state index contributed by atoms with van der Waals surface area (Å²) in [4.78, 5) is 0. The summed E-state index contributed by atoms with van der Waals surface area (Å²) in [5.74, 6) is 0.880. The second-order valence-electron chi connectivity index (χ2n) is 4.50. The molecular formula is C10H22N+. The maximum Gasteiger partial charge on any atom is 0.136 e. The van der Waals surface area contributed by atoms with Crippen molar-refractivity contribution >= 4 is 0 Å². The Morgan fingerprint density at radius 1 is 1.45 bits per heavy atom. The van der Waals surface area contributed by atoms with Crippen molar-refractivity contribution in [3.05, 3.63) is 0 Å². The molecule has 0 radical (unpaired) electrons. The Morgan fingerprint density at radius 3 is 2.18 bits per heavy atom. The van der Waals surface area contributed by atoms with E-state index in [1.165, 1.54) is 17.4 Å². The summed E-state index contributed by atoms with van der Waals surface area (Å²) in [7, 11) is 2.39. The van der Waals surface area contributed by atoms with Crippen molar-refractivity contribution in [1.29, 1.82) is 0 Å². The largest absolute Gasteiger partial charge is 0.312 e. The Bertz CT molecular complexity index is 144. The number of likely N-dealkylation sites (N-methyl/N-ethyl adjacent to an activating group) is 1. The molecule has 1 rings (SSSR count). The molecule has 0 aliphatic carbocycles. The molecule has 4 atom stereocenters.